The van der Waals surface area contributed by atoms with Crippen molar-refractivity contribution in [1.29, 1.82) is 0 Å². The summed E-state index contributed by atoms with van der Waals surface area (Å²) in [5.74, 6) is -0.0843. The predicted molar refractivity (Wildman–Crippen MR) is 82.4 cm³/mol. The molecular formula is C13H18N4OS2. The van der Waals surface area contributed by atoms with Gasteiger partial charge in [0.2, 0.25) is 0 Å². The molecule has 0 radical (unpaired) electrons. The van der Waals surface area contributed by atoms with E-state index in [1.165, 1.54) is 5.56 Å². The van der Waals surface area contributed by atoms with E-state index in [1.807, 2.05) is 21.0 Å². The van der Waals surface area contributed by atoms with Gasteiger partial charge >= 0.3 is 0 Å². The van der Waals surface area contributed by atoms with Crippen LogP contribution in [0.15, 0.2) is 16.8 Å². The molecule has 1 unspecified atom stereocenters. The van der Waals surface area contributed by atoms with Crippen LogP contribution in [-0.2, 0) is 6.42 Å². The standard InChI is InChI=1S/C13H18N4OS2/c1-4-10-12(20-16-15-10)13(18)14-7-11(17(2)3)9-5-6-19-8-9/h5-6,8,11H,4,7H2,1-3H3,(H,14,18). The van der Waals surface area contributed by atoms with Crippen molar-refractivity contribution in [2.75, 3.05) is 20.6 Å². The lowest BCUT2D eigenvalue weighted by molar-refractivity contribution is 0.0945. The molecule has 1 N–H and O–H groups in total. The molecule has 1 amide bonds. The fraction of sp³-hybridized carbons (Fsp3) is 0.462. The molecule has 5 nitrogen and oxygen atoms in total. The molecule has 20 heavy (non-hydrogen) atoms. The third kappa shape index (κ3) is 3.41. The van der Waals surface area contributed by atoms with Gasteiger partial charge < -0.3 is 10.2 Å². The van der Waals surface area contributed by atoms with Crippen molar-refractivity contribution in [3.63, 3.8) is 0 Å². The van der Waals surface area contributed by atoms with Gasteiger partial charge in [-0.25, -0.2) is 0 Å². The van der Waals surface area contributed by atoms with Crippen molar-refractivity contribution in [2.24, 2.45) is 0 Å². The number of carbonyl (C=O) groups is 1. The molecule has 0 fully saturated rings. The van der Waals surface area contributed by atoms with E-state index in [2.05, 4.69) is 36.6 Å². The summed E-state index contributed by atoms with van der Waals surface area (Å²) in [6, 6.07) is 2.27. The van der Waals surface area contributed by atoms with Crippen molar-refractivity contribution in [2.45, 2.75) is 19.4 Å². The van der Waals surface area contributed by atoms with E-state index in [9.17, 15) is 4.79 Å². The Morgan fingerprint density at radius 3 is 2.90 bits per heavy atom. The van der Waals surface area contributed by atoms with E-state index >= 15 is 0 Å². The van der Waals surface area contributed by atoms with Crippen LogP contribution in [0.5, 0.6) is 0 Å². The van der Waals surface area contributed by atoms with E-state index in [-0.39, 0.29) is 11.9 Å². The van der Waals surface area contributed by atoms with Crippen molar-refractivity contribution in [3.8, 4) is 0 Å². The first-order valence-corrected chi connectivity index (χ1v) is 8.13. The van der Waals surface area contributed by atoms with Gasteiger partial charge in [0.05, 0.1) is 11.7 Å². The summed E-state index contributed by atoms with van der Waals surface area (Å²) < 4.78 is 3.85. The van der Waals surface area contributed by atoms with Crippen LogP contribution in [0.1, 0.15) is 33.9 Å². The number of amides is 1. The fourth-order valence-electron chi connectivity index (χ4n) is 1.95. The van der Waals surface area contributed by atoms with Gasteiger partial charge in [0.15, 0.2) is 0 Å². The smallest absolute Gasteiger partial charge is 0.265 e. The average molecular weight is 310 g/mol. The highest BCUT2D eigenvalue weighted by atomic mass is 32.1. The molecule has 2 aromatic rings. The Hall–Kier alpha value is -1.31. The topological polar surface area (TPSA) is 58.1 Å². The van der Waals surface area contributed by atoms with E-state index in [1.54, 1.807) is 11.3 Å². The second-order valence-corrected chi connectivity index (χ2v) is 6.18. The van der Waals surface area contributed by atoms with E-state index in [0.29, 0.717) is 11.4 Å². The molecule has 0 aliphatic rings. The molecule has 0 aromatic carbocycles. The zero-order valence-electron chi connectivity index (χ0n) is 11.8. The summed E-state index contributed by atoms with van der Waals surface area (Å²) in [6.07, 6.45) is 0.723. The third-order valence-corrected chi connectivity index (χ3v) is 4.57. The second kappa shape index (κ2) is 6.92. The summed E-state index contributed by atoms with van der Waals surface area (Å²) >= 11 is 2.82. The van der Waals surface area contributed by atoms with E-state index in [0.717, 1.165) is 23.6 Å². The number of rotatable bonds is 6. The molecular weight excluding hydrogens is 292 g/mol. The number of nitrogens with zero attached hydrogens (tertiary/aromatic N) is 3. The van der Waals surface area contributed by atoms with Gasteiger partial charge in [-0.1, -0.05) is 11.4 Å². The summed E-state index contributed by atoms with van der Waals surface area (Å²) in [5.41, 5.74) is 1.99. The fourth-order valence-corrected chi connectivity index (χ4v) is 3.32. The van der Waals surface area contributed by atoms with Crippen molar-refractivity contribution < 1.29 is 4.79 Å². The minimum absolute atomic E-state index is 0.0843. The molecule has 7 heteroatoms. The predicted octanol–water partition coefficient (Wildman–Crippen LogP) is 2.19. The zero-order chi connectivity index (χ0) is 14.5. The van der Waals surface area contributed by atoms with E-state index < -0.39 is 0 Å². The summed E-state index contributed by atoms with van der Waals surface area (Å²) in [5, 5.41) is 11.1. The lowest BCUT2D eigenvalue weighted by Gasteiger charge is -2.23. The molecule has 0 aliphatic heterocycles. The normalized spacial score (nSPS) is 12.6. The first kappa shape index (κ1) is 15.1. The molecule has 2 heterocycles. The van der Waals surface area contributed by atoms with Crippen LogP contribution in [0.4, 0.5) is 0 Å². The maximum Gasteiger partial charge on any atom is 0.265 e. The van der Waals surface area contributed by atoms with Crippen LogP contribution >= 0.6 is 22.9 Å². The minimum Gasteiger partial charge on any atom is -0.349 e. The quantitative estimate of drug-likeness (QED) is 0.888. The largest absolute Gasteiger partial charge is 0.349 e. The van der Waals surface area contributed by atoms with Crippen LogP contribution in [0.25, 0.3) is 0 Å². The molecule has 0 aliphatic carbocycles. The van der Waals surface area contributed by atoms with Crippen LogP contribution in [0.3, 0.4) is 0 Å². The number of nitrogens with one attached hydrogen (secondary N) is 1. The molecule has 0 saturated heterocycles. The zero-order valence-corrected chi connectivity index (χ0v) is 13.4. The lowest BCUT2D eigenvalue weighted by Crippen LogP contribution is -2.34. The Balaban J connectivity index is 2.01. The van der Waals surface area contributed by atoms with Gasteiger partial charge in [-0.15, -0.1) is 5.10 Å². The maximum atomic E-state index is 12.2. The van der Waals surface area contributed by atoms with Gasteiger partial charge in [-0.3, -0.25) is 4.79 Å². The van der Waals surface area contributed by atoms with Crippen LogP contribution in [-0.4, -0.2) is 41.0 Å². The van der Waals surface area contributed by atoms with Gasteiger partial charge in [0, 0.05) is 6.54 Å². The SMILES string of the molecule is CCc1nnsc1C(=O)NCC(c1ccsc1)N(C)C. The first-order valence-electron chi connectivity index (χ1n) is 6.41. The summed E-state index contributed by atoms with van der Waals surface area (Å²) in [7, 11) is 4.03. The number of hydrogen-bond acceptors (Lipinski definition) is 6. The highest BCUT2D eigenvalue weighted by Gasteiger charge is 2.19. The number of hydrogen-bond donors (Lipinski definition) is 1. The van der Waals surface area contributed by atoms with Gasteiger partial charge in [-0.2, -0.15) is 11.3 Å². The summed E-state index contributed by atoms with van der Waals surface area (Å²) in [4.78, 5) is 14.9. The Labute approximate surface area is 126 Å². The molecule has 108 valence electrons. The molecule has 2 rings (SSSR count). The molecule has 2 aromatic heterocycles. The molecule has 0 bridgehead atoms. The van der Waals surface area contributed by atoms with E-state index in [4.69, 9.17) is 0 Å². The number of aromatic nitrogens is 2. The Bertz CT molecular complexity index is 550. The van der Waals surface area contributed by atoms with Crippen LogP contribution in [0, 0.1) is 0 Å². The molecule has 0 spiro atoms. The molecule has 0 saturated carbocycles. The van der Waals surface area contributed by atoms with Crippen LogP contribution < -0.4 is 5.32 Å². The minimum atomic E-state index is -0.0843. The van der Waals surface area contributed by atoms with Crippen molar-refractivity contribution in [1.82, 2.24) is 19.8 Å². The Morgan fingerprint density at radius 1 is 1.50 bits per heavy atom. The van der Waals surface area contributed by atoms with Crippen LogP contribution in [0.2, 0.25) is 0 Å². The lowest BCUT2D eigenvalue weighted by atomic mass is 10.1. The third-order valence-electron chi connectivity index (χ3n) is 3.10. The number of carbonyl (C=O) groups excluding carboxylic acids is 1. The van der Waals surface area contributed by atoms with Gasteiger partial charge in [-0.05, 0) is 54.4 Å². The van der Waals surface area contributed by atoms with Gasteiger partial charge in [0.25, 0.3) is 5.91 Å². The number of likely N-dealkylation sites (N-methyl/N-ethyl adjacent to an activating group) is 1. The van der Waals surface area contributed by atoms with Crippen molar-refractivity contribution >= 4 is 28.8 Å². The maximum absolute atomic E-state index is 12.2. The number of thiophene rings is 1. The number of aryl methyl sites for hydroxylation is 1. The van der Waals surface area contributed by atoms with Gasteiger partial charge in [0.1, 0.15) is 4.88 Å². The Morgan fingerprint density at radius 2 is 2.30 bits per heavy atom. The second-order valence-electron chi connectivity index (χ2n) is 4.65. The monoisotopic (exact) mass is 310 g/mol. The van der Waals surface area contributed by atoms with Crippen molar-refractivity contribution in [3.05, 3.63) is 33.0 Å². The average Bonchev–Trinajstić information content (AvgIpc) is 3.09. The highest BCUT2D eigenvalue weighted by molar-refractivity contribution is 7.08. The Kier molecular flexibility index (Phi) is 5.22. The highest BCUT2D eigenvalue weighted by Crippen LogP contribution is 2.20. The first-order chi connectivity index (χ1) is 9.63. The molecule has 1 atom stereocenters. The summed E-state index contributed by atoms with van der Waals surface area (Å²) in [6.45, 7) is 2.55.